The Bertz CT molecular complexity index is 266. The highest BCUT2D eigenvalue weighted by atomic mass is 16.6. The molecule has 15 heavy (non-hydrogen) atoms. The summed E-state index contributed by atoms with van der Waals surface area (Å²) in [7, 11) is 0. The Kier molecular flexibility index (Phi) is 4.84. The lowest BCUT2D eigenvalue weighted by molar-refractivity contribution is -0.118. The summed E-state index contributed by atoms with van der Waals surface area (Å²) in [6.07, 6.45) is -0.165. The number of carbonyl (C=O) groups is 2. The van der Waals surface area contributed by atoms with Gasteiger partial charge < -0.3 is 4.74 Å². The molecule has 0 aliphatic carbocycles. The fourth-order valence-corrected chi connectivity index (χ4v) is 0.660. The van der Waals surface area contributed by atoms with E-state index >= 15 is 0 Å². The van der Waals surface area contributed by atoms with Crippen LogP contribution < -0.4 is 10.9 Å². The molecule has 0 aliphatic rings. The van der Waals surface area contributed by atoms with Crippen LogP contribution in [-0.2, 0) is 9.53 Å². The normalized spacial score (nSPS) is 10.4. The second-order valence-corrected chi connectivity index (χ2v) is 4.04. The van der Waals surface area contributed by atoms with E-state index in [2.05, 4.69) is 17.4 Å². The van der Waals surface area contributed by atoms with Crippen molar-refractivity contribution in [2.45, 2.75) is 39.7 Å². The second-order valence-electron chi connectivity index (χ2n) is 4.04. The molecule has 0 aromatic heterocycles. The molecule has 2 amide bonds. The lowest BCUT2D eigenvalue weighted by atomic mass is 10.2. The smallest absolute Gasteiger partial charge is 0.426 e. The van der Waals surface area contributed by atoms with Gasteiger partial charge >= 0.3 is 6.09 Å². The summed E-state index contributed by atoms with van der Waals surface area (Å²) < 4.78 is 4.91. The summed E-state index contributed by atoms with van der Waals surface area (Å²) in [4.78, 5) is 22.3. The summed E-state index contributed by atoms with van der Waals surface area (Å²) in [5.41, 5.74) is 4.13. The first kappa shape index (κ1) is 13.5. The summed E-state index contributed by atoms with van der Waals surface area (Å²) in [6.45, 7) is 10.5. The SMILES string of the molecule is C=C(CC)C(=O)NNC(=O)OC(C)(C)C. The minimum absolute atomic E-state index is 0.394. The molecule has 0 spiro atoms. The number of amides is 2. The van der Waals surface area contributed by atoms with E-state index in [9.17, 15) is 9.59 Å². The molecule has 0 aliphatic heterocycles. The van der Waals surface area contributed by atoms with Crippen LogP contribution in [0.25, 0.3) is 0 Å². The van der Waals surface area contributed by atoms with Gasteiger partial charge in [-0.15, -0.1) is 0 Å². The maximum Gasteiger partial charge on any atom is 0.426 e. The van der Waals surface area contributed by atoms with Crippen LogP contribution >= 0.6 is 0 Å². The average Bonchev–Trinajstić information content (AvgIpc) is 2.10. The third-order valence-corrected chi connectivity index (χ3v) is 1.42. The van der Waals surface area contributed by atoms with Crippen LogP contribution in [0.4, 0.5) is 4.79 Å². The number of rotatable bonds is 2. The van der Waals surface area contributed by atoms with Gasteiger partial charge in [0.15, 0.2) is 0 Å². The number of ether oxygens (including phenoxy) is 1. The van der Waals surface area contributed by atoms with Crippen LogP contribution in [0.5, 0.6) is 0 Å². The standard InChI is InChI=1S/C10H18N2O3/c1-6-7(2)8(13)11-12-9(14)15-10(3,4)5/h2,6H2,1,3-5H3,(H,11,13)(H,12,14). The van der Waals surface area contributed by atoms with Gasteiger partial charge in [0.1, 0.15) is 5.60 Å². The number of nitrogens with one attached hydrogen (secondary N) is 2. The van der Waals surface area contributed by atoms with E-state index in [-0.39, 0.29) is 0 Å². The molecule has 0 aromatic rings. The average molecular weight is 214 g/mol. The molecule has 0 radical (unpaired) electrons. The second kappa shape index (κ2) is 5.38. The van der Waals surface area contributed by atoms with Crippen molar-refractivity contribution < 1.29 is 14.3 Å². The Labute approximate surface area is 89.8 Å². The van der Waals surface area contributed by atoms with Crippen LogP contribution in [0.1, 0.15) is 34.1 Å². The van der Waals surface area contributed by atoms with Crippen molar-refractivity contribution >= 4 is 12.0 Å². The quantitative estimate of drug-likeness (QED) is 0.541. The molecule has 5 nitrogen and oxygen atoms in total. The fraction of sp³-hybridized carbons (Fsp3) is 0.600. The van der Waals surface area contributed by atoms with E-state index in [0.29, 0.717) is 12.0 Å². The number of carbonyl (C=O) groups excluding carboxylic acids is 2. The van der Waals surface area contributed by atoms with Gasteiger partial charge in [-0.3, -0.25) is 10.2 Å². The van der Waals surface area contributed by atoms with Gasteiger partial charge in [0.2, 0.25) is 0 Å². The molecule has 2 N–H and O–H groups in total. The van der Waals surface area contributed by atoms with Crippen molar-refractivity contribution in [3.8, 4) is 0 Å². The first-order valence-electron chi connectivity index (χ1n) is 4.73. The topological polar surface area (TPSA) is 67.4 Å². The van der Waals surface area contributed by atoms with Gasteiger partial charge in [-0.25, -0.2) is 10.2 Å². The predicted octanol–water partition coefficient (Wildman–Crippen LogP) is 1.51. The molecule has 0 unspecified atom stereocenters. The zero-order valence-corrected chi connectivity index (χ0v) is 9.64. The minimum atomic E-state index is -0.695. The molecule has 0 aromatic carbocycles. The van der Waals surface area contributed by atoms with Crippen LogP contribution in [0.2, 0.25) is 0 Å². The molecule has 0 bridgehead atoms. The summed E-state index contributed by atoms with van der Waals surface area (Å²) >= 11 is 0. The number of hydrazine groups is 1. The Morgan fingerprint density at radius 3 is 2.20 bits per heavy atom. The molecule has 0 saturated heterocycles. The largest absolute Gasteiger partial charge is 0.443 e. The molecule has 0 heterocycles. The van der Waals surface area contributed by atoms with Gasteiger partial charge in [-0.05, 0) is 27.2 Å². The molecule has 0 rings (SSSR count). The van der Waals surface area contributed by atoms with Crippen molar-refractivity contribution in [1.29, 1.82) is 0 Å². The molecule has 0 saturated carbocycles. The Morgan fingerprint density at radius 1 is 1.27 bits per heavy atom. The maximum atomic E-state index is 11.2. The van der Waals surface area contributed by atoms with Crippen LogP contribution in [0.15, 0.2) is 12.2 Å². The maximum absolute atomic E-state index is 11.2. The van der Waals surface area contributed by atoms with Crippen molar-refractivity contribution in [2.75, 3.05) is 0 Å². The third kappa shape index (κ3) is 6.54. The van der Waals surface area contributed by atoms with Gasteiger partial charge in [0.05, 0.1) is 0 Å². The highest BCUT2D eigenvalue weighted by Crippen LogP contribution is 2.05. The van der Waals surface area contributed by atoms with E-state index in [4.69, 9.17) is 4.74 Å². The minimum Gasteiger partial charge on any atom is -0.443 e. The van der Waals surface area contributed by atoms with Gasteiger partial charge in [-0.2, -0.15) is 0 Å². The molecular formula is C10H18N2O3. The lowest BCUT2D eigenvalue weighted by Gasteiger charge is -2.19. The van der Waals surface area contributed by atoms with Gasteiger partial charge in [0, 0.05) is 5.57 Å². The van der Waals surface area contributed by atoms with Crippen LogP contribution in [0.3, 0.4) is 0 Å². The van der Waals surface area contributed by atoms with Crippen molar-refractivity contribution in [3.05, 3.63) is 12.2 Å². The van der Waals surface area contributed by atoms with Gasteiger partial charge in [-0.1, -0.05) is 13.5 Å². The fourth-order valence-electron chi connectivity index (χ4n) is 0.660. The summed E-state index contributed by atoms with van der Waals surface area (Å²) in [6, 6.07) is 0. The Morgan fingerprint density at radius 2 is 1.80 bits per heavy atom. The van der Waals surface area contributed by atoms with Gasteiger partial charge in [0.25, 0.3) is 5.91 Å². The lowest BCUT2D eigenvalue weighted by Crippen LogP contribution is -2.44. The summed E-state index contributed by atoms with van der Waals surface area (Å²) in [5, 5.41) is 0. The third-order valence-electron chi connectivity index (χ3n) is 1.42. The highest BCUT2D eigenvalue weighted by Gasteiger charge is 2.16. The van der Waals surface area contributed by atoms with Crippen LogP contribution in [0, 0.1) is 0 Å². The van der Waals surface area contributed by atoms with E-state index in [0.717, 1.165) is 0 Å². The van der Waals surface area contributed by atoms with Crippen molar-refractivity contribution in [1.82, 2.24) is 10.9 Å². The zero-order valence-electron chi connectivity index (χ0n) is 9.64. The molecule has 5 heteroatoms. The van der Waals surface area contributed by atoms with Crippen molar-refractivity contribution in [2.24, 2.45) is 0 Å². The zero-order chi connectivity index (χ0) is 12.1. The predicted molar refractivity (Wildman–Crippen MR) is 56.9 cm³/mol. The monoisotopic (exact) mass is 214 g/mol. The first-order valence-corrected chi connectivity index (χ1v) is 4.73. The van der Waals surface area contributed by atoms with Crippen LogP contribution in [-0.4, -0.2) is 17.6 Å². The molecule has 86 valence electrons. The Balaban J connectivity index is 3.92. The molecular weight excluding hydrogens is 196 g/mol. The summed E-state index contributed by atoms with van der Waals surface area (Å²) in [5.74, 6) is -0.414. The molecule has 0 atom stereocenters. The van der Waals surface area contributed by atoms with E-state index in [1.54, 1.807) is 27.7 Å². The van der Waals surface area contributed by atoms with E-state index in [1.807, 2.05) is 0 Å². The number of hydrogen-bond acceptors (Lipinski definition) is 3. The van der Waals surface area contributed by atoms with E-state index < -0.39 is 17.6 Å². The highest BCUT2D eigenvalue weighted by molar-refractivity contribution is 5.93. The van der Waals surface area contributed by atoms with E-state index in [1.165, 1.54) is 0 Å². The number of hydrogen-bond donors (Lipinski definition) is 2. The first-order chi connectivity index (χ1) is 6.76. The van der Waals surface area contributed by atoms with Crippen molar-refractivity contribution in [3.63, 3.8) is 0 Å². The Hall–Kier alpha value is -1.52. The molecule has 0 fully saturated rings.